The molecule has 16 heavy (non-hydrogen) atoms. The molecule has 2 rings (SSSR count). The Kier molecular flexibility index (Phi) is 3.20. The zero-order valence-corrected chi connectivity index (χ0v) is 10.00. The second-order valence-electron chi connectivity index (χ2n) is 4.55. The fourth-order valence-corrected chi connectivity index (χ4v) is 2.26. The van der Waals surface area contributed by atoms with Gasteiger partial charge in [0.25, 0.3) is 0 Å². The lowest BCUT2D eigenvalue weighted by molar-refractivity contribution is -0.137. The van der Waals surface area contributed by atoms with Crippen molar-refractivity contribution in [2.45, 2.75) is 32.1 Å². The molecule has 1 aromatic rings. The van der Waals surface area contributed by atoms with Crippen molar-refractivity contribution in [2.24, 2.45) is 5.92 Å². The van der Waals surface area contributed by atoms with Crippen molar-refractivity contribution in [1.29, 1.82) is 0 Å². The monoisotopic (exact) mass is 238 g/mol. The minimum Gasteiger partial charge on any atom is -0.481 e. The molecule has 1 aliphatic rings. The Morgan fingerprint density at radius 1 is 1.56 bits per heavy atom. The largest absolute Gasteiger partial charge is 0.481 e. The first-order chi connectivity index (χ1) is 7.58. The minimum absolute atomic E-state index is 0.161. The van der Waals surface area contributed by atoms with Crippen molar-refractivity contribution in [3.8, 4) is 0 Å². The summed E-state index contributed by atoms with van der Waals surface area (Å²) in [5.74, 6) is -0.00496. The molecule has 86 valence electrons. The van der Waals surface area contributed by atoms with Gasteiger partial charge in [-0.05, 0) is 48.8 Å². The lowest BCUT2D eigenvalue weighted by atomic mass is 9.90. The predicted molar refractivity (Wildman–Crippen MR) is 63.9 cm³/mol. The van der Waals surface area contributed by atoms with E-state index in [0.717, 1.165) is 29.0 Å². The lowest BCUT2D eigenvalue weighted by Gasteiger charge is -2.15. The van der Waals surface area contributed by atoms with Gasteiger partial charge >= 0.3 is 5.97 Å². The number of halogens is 1. The van der Waals surface area contributed by atoms with E-state index in [4.69, 9.17) is 16.7 Å². The molecule has 1 fully saturated rings. The molecule has 0 amide bonds. The summed E-state index contributed by atoms with van der Waals surface area (Å²) < 4.78 is 0. The molecule has 1 unspecified atom stereocenters. The van der Waals surface area contributed by atoms with E-state index >= 15 is 0 Å². The molecule has 0 aromatic heterocycles. The summed E-state index contributed by atoms with van der Waals surface area (Å²) >= 11 is 5.97. The maximum Gasteiger partial charge on any atom is 0.303 e. The molecule has 1 aromatic carbocycles. The Morgan fingerprint density at radius 3 is 2.75 bits per heavy atom. The van der Waals surface area contributed by atoms with Crippen LogP contribution in [0.4, 0.5) is 0 Å². The van der Waals surface area contributed by atoms with Gasteiger partial charge in [-0.25, -0.2) is 0 Å². The van der Waals surface area contributed by atoms with Crippen molar-refractivity contribution >= 4 is 17.6 Å². The van der Waals surface area contributed by atoms with E-state index in [1.54, 1.807) is 0 Å². The van der Waals surface area contributed by atoms with Gasteiger partial charge in [-0.15, -0.1) is 0 Å². The number of rotatable bonds is 4. The van der Waals surface area contributed by atoms with Crippen LogP contribution >= 0.6 is 11.6 Å². The number of hydrogen-bond donors (Lipinski definition) is 1. The van der Waals surface area contributed by atoms with Crippen LogP contribution in [0, 0.1) is 12.8 Å². The van der Waals surface area contributed by atoms with Gasteiger partial charge < -0.3 is 5.11 Å². The van der Waals surface area contributed by atoms with E-state index in [0.29, 0.717) is 5.92 Å². The van der Waals surface area contributed by atoms with Crippen molar-refractivity contribution in [3.05, 3.63) is 34.3 Å². The third-order valence-corrected chi connectivity index (χ3v) is 3.62. The van der Waals surface area contributed by atoms with E-state index in [-0.39, 0.29) is 12.3 Å². The van der Waals surface area contributed by atoms with Crippen LogP contribution in [0.5, 0.6) is 0 Å². The fraction of sp³-hybridized carbons (Fsp3) is 0.462. The van der Waals surface area contributed by atoms with Crippen molar-refractivity contribution in [1.82, 2.24) is 0 Å². The maximum absolute atomic E-state index is 10.8. The summed E-state index contributed by atoms with van der Waals surface area (Å²) in [5.41, 5.74) is 2.14. The Bertz CT molecular complexity index is 410. The molecule has 0 saturated heterocycles. The maximum atomic E-state index is 10.8. The fourth-order valence-electron chi connectivity index (χ4n) is 2.14. The zero-order valence-electron chi connectivity index (χ0n) is 9.24. The number of aliphatic carboxylic acids is 1. The number of carboxylic acids is 1. The summed E-state index contributed by atoms with van der Waals surface area (Å²) in [7, 11) is 0. The Labute approximate surface area is 100 Å². The van der Waals surface area contributed by atoms with Crippen LogP contribution in [-0.4, -0.2) is 11.1 Å². The topological polar surface area (TPSA) is 37.3 Å². The first kappa shape index (κ1) is 11.5. The molecule has 0 aliphatic heterocycles. The van der Waals surface area contributed by atoms with E-state index in [2.05, 4.69) is 0 Å². The summed E-state index contributed by atoms with van der Waals surface area (Å²) in [4.78, 5) is 10.8. The summed E-state index contributed by atoms with van der Waals surface area (Å²) in [6.07, 6.45) is 2.53. The standard InChI is InChI=1S/C13H15ClO2/c1-8-6-10(4-5-12(8)14)11(7-13(15)16)9-2-3-9/h4-6,9,11H,2-3,7H2,1H3,(H,15,16). The molecule has 1 atom stereocenters. The van der Waals surface area contributed by atoms with Crippen LogP contribution in [-0.2, 0) is 4.79 Å². The molecular weight excluding hydrogens is 224 g/mol. The van der Waals surface area contributed by atoms with Gasteiger partial charge in [0.05, 0.1) is 6.42 Å². The third-order valence-electron chi connectivity index (χ3n) is 3.20. The van der Waals surface area contributed by atoms with E-state index in [9.17, 15) is 4.79 Å². The van der Waals surface area contributed by atoms with Crippen LogP contribution in [0.2, 0.25) is 5.02 Å². The molecule has 2 nitrogen and oxygen atoms in total. The van der Waals surface area contributed by atoms with Crippen molar-refractivity contribution < 1.29 is 9.90 Å². The summed E-state index contributed by atoms with van der Waals surface area (Å²) in [5, 5.41) is 9.66. The van der Waals surface area contributed by atoms with Gasteiger partial charge in [0, 0.05) is 5.02 Å². The van der Waals surface area contributed by atoms with Crippen LogP contribution in [0.25, 0.3) is 0 Å². The zero-order chi connectivity index (χ0) is 11.7. The normalized spacial score (nSPS) is 17.1. The van der Waals surface area contributed by atoms with Gasteiger partial charge in [0.2, 0.25) is 0 Å². The quantitative estimate of drug-likeness (QED) is 0.870. The third kappa shape index (κ3) is 2.56. The first-order valence-corrected chi connectivity index (χ1v) is 5.93. The summed E-state index contributed by atoms with van der Waals surface area (Å²) in [6, 6.07) is 5.85. The molecule has 1 aliphatic carbocycles. The first-order valence-electron chi connectivity index (χ1n) is 5.56. The highest BCUT2D eigenvalue weighted by Crippen LogP contribution is 2.44. The second-order valence-corrected chi connectivity index (χ2v) is 4.96. The second kappa shape index (κ2) is 4.46. The lowest BCUT2D eigenvalue weighted by Crippen LogP contribution is -2.08. The SMILES string of the molecule is Cc1cc(C(CC(=O)O)C2CC2)ccc1Cl. The average Bonchev–Trinajstić information content (AvgIpc) is 3.02. The van der Waals surface area contributed by atoms with Crippen molar-refractivity contribution in [3.63, 3.8) is 0 Å². The van der Waals surface area contributed by atoms with Crippen LogP contribution < -0.4 is 0 Å². The smallest absolute Gasteiger partial charge is 0.303 e. The number of aryl methyl sites for hydroxylation is 1. The predicted octanol–water partition coefficient (Wildman–Crippen LogP) is 3.62. The van der Waals surface area contributed by atoms with Crippen LogP contribution in [0.3, 0.4) is 0 Å². The van der Waals surface area contributed by atoms with Crippen LogP contribution in [0.15, 0.2) is 18.2 Å². The van der Waals surface area contributed by atoms with Crippen LogP contribution in [0.1, 0.15) is 36.3 Å². The van der Waals surface area contributed by atoms with Gasteiger partial charge in [-0.1, -0.05) is 23.7 Å². The number of benzene rings is 1. The van der Waals surface area contributed by atoms with Crippen molar-refractivity contribution in [2.75, 3.05) is 0 Å². The minimum atomic E-state index is -0.718. The molecule has 1 N–H and O–H groups in total. The highest BCUT2D eigenvalue weighted by atomic mass is 35.5. The highest BCUT2D eigenvalue weighted by molar-refractivity contribution is 6.31. The summed E-state index contributed by atoms with van der Waals surface area (Å²) in [6.45, 7) is 1.95. The molecule has 3 heteroatoms. The number of carbonyl (C=O) groups is 1. The van der Waals surface area contributed by atoms with Gasteiger partial charge in [0.1, 0.15) is 0 Å². The Morgan fingerprint density at radius 2 is 2.25 bits per heavy atom. The Balaban J connectivity index is 2.24. The van der Waals surface area contributed by atoms with Gasteiger partial charge in [-0.3, -0.25) is 4.79 Å². The average molecular weight is 239 g/mol. The molecule has 1 saturated carbocycles. The van der Waals surface area contributed by atoms with E-state index < -0.39 is 5.97 Å². The molecular formula is C13H15ClO2. The van der Waals surface area contributed by atoms with Gasteiger partial charge in [0.15, 0.2) is 0 Å². The Hall–Kier alpha value is -1.02. The molecule has 0 radical (unpaired) electrons. The number of carboxylic acid groups (broad SMARTS) is 1. The molecule has 0 bridgehead atoms. The van der Waals surface area contributed by atoms with Gasteiger partial charge in [-0.2, -0.15) is 0 Å². The molecule has 0 spiro atoms. The van der Waals surface area contributed by atoms with E-state index in [1.165, 1.54) is 0 Å². The van der Waals surface area contributed by atoms with E-state index in [1.807, 2.05) is 25.1 Å². The molecule has 0 heterocycles. The number of hydrogen-bond acceptors (Lipinski definition) is 1. The highest BCUT2D eigenvalue weighted by Gasteiger charge is 2.33.